The third-order valence-corrected chi connectivity index (χ3v) is 4.74. The van der Waals surface area contributed by atoms with Crippen LogP contribution in [-0.4, -0.2) is 44.8 Å². The molecular formula is C13H16N2O5S2. The SMILES string of the molecule is O=C(O)CCC(NC(=O)CCSSc1ccccn1)C(=O)O. The Kier molecular flexibility index (Phi) is 8.38. The second-order valence-corrected chi connectivity index (χ2v) is 6.65. The Morgan fingerprint density at radius 2 is 2.00 bits per heavy atom. The van der Waals surface area contributed by atoms with Gasteiger partial charge in [-0.1, -0.05) is 16.9 Å². The maximum Gasteiger partial charge on any atom is 0.326 e. The average molecular weight is 344 g/mol. The smallest absolute Gasteiger partial charge is 0.326 e. The number of aromatic nitrogens is 1. The van der Waals surface area contributed by atoms with Crippen molar-refractivity contribution in [3.63, 3.8) is 0 Å². The van der Waals surface area contributed by atoms with E-state index in [1.165, 1.54) is 21.6 Å². The normalized spacial score (nSPS) is 11.6. The molecule has 1 atom stereocenters. The van der Waals surface area contributed by atoms with Crippen molar-refractivity contribution in [1.82, 2.24) is 10.3 Å². The lowest BCUT2D eigenvalue weighted by molar-refractivity contribution is -0.143. The van der Waals surface area contributed by atoms with Crippen LogP contribution in [0.3, 0.4) is 0 Å². The van der Waals surface area contributed by atoms with Crippen molar-refractivity contribution < 1.29 is 24.6 Å². The molecule has 3 N–H and O–H groups in total. The van der Waals surface area contributed by atoms with Crippen molar-refractivity contribution in [2.75, 3.05) is 5.75 Å². The van der Waals surface area contributed by atoms with Crippen LogP contribution in [0.5, 0.6) is 0 Å². The van der Waals surface area contributed by atoms with Gasteiger partial charge in [0, 0.05) is 24.8 Å². The highest BCUT2D eigenvalue weighted by atomic mass is 33.1. The summed E-state index contributed by atoms with van der Waals surface area (Å²) in [6, 6.07) is 4.36. The zero-order valence-corrected chi connectivity index (χ0v) is 13.2. The first-order valence-corrected chi connectivity index (χ1v) is 8.75. The number of amides is 1. The number of carbonyl (C=O) groups excluding carboxylic acids is 1. The summed E-state index contributed by atoms with van der Waals surface area (Å²) in [6.45, 7) is 0. The number of hydrogen-bond donors (Lipinski definition) is 3. The van der Waals surface area contributed by atoms with Gasteiger partial charge in [-0.3, -0.25) is 9.59 Å². The van der Waals surface area contributed by atoms with Gasteiger partial charge in [-0.15, -0.1) is 0 Å². The molecule has 22 heavy (non-hydrogen) atoms. The van der Waals surface area contributed by atoms with Gasteiger partial charge in [0.1, 0.15) is 11.1 Å². The second kappa shape index (κ2) is 10.1. The van der Waals surface area contributed by atoms with Crippen LogP contribution in [0.2, 0.25) is 0 Å². The standard InChI is InChI=1S/C13H16N2O5S2/c16-10(15-9(13(19)20)4-5-12(17)18)6-8-21-22-11-3-1-2-7-14-11/h1-3,7,9H,4-6,8H2,(H,15,16)(H,17,18)(H,19,20). The zero-order valence-electron chi connectivity index (χ0n) is 11.6. The van der Waals surface area contributed by atoms with Crippen molar-refractivity contribution >= 4 is 39.4 Å². The van der Waals surface area contributed by atoms with Gasteiger partial charge in [0.05, 0.1) is 0 Å². The van der Waals surface area contributed by atoms with Crippen molar-refractivity contribution in [3.8, 4) is 0 Å². The number of aliphatic carboxylic acids is 2. The van der Waals surface area contributed by atoms with E-state index in [0.717, 1.165) is 5.03 Å². The Morgan fingerprint density at radius 1 is 1.23 bits per heavy atom. The van der Waals surface area contributed by atoms with E-state index in [1.54, 1.807) is 6.20 Å². The van der Waals surface area contributed by atoms with E-state index in [9.17, 15) is 14.4 Å². The lowest BCUT2D eigenvalue weighted by Gasteiger charge is -2.13. The third-order valence-electron chi connectivity index (χ3n) is 2.47. The quantitative estimate of drug-likeness (QED) is 0.433. The van der Waals surface area contributed by atoms with Gasteiger partial charge in [0.2, 0.25) is 5.91 Å². The van der Waals surface area contributed by atoms with Gasteiger partial charge in [-0.25, -0.2) is 9.78 Å². The molecule has 0 saturated heterocycles. The molecule has 1 unspecified atom stereocenters. The highest BCUT2D eigenvalue weighted by Crippen LogP contribution is 2.29. The number of rotatable bonds is 10. The Balaban J connectivity index is 2.25. The first-order valence-electron chi connectivity index (χ1n) is 6.43. The molecule has 0 fully saturated rings. The second-order valence-electron chi connectivity index (χ2n) is 4.21. The third kappa shape index (κ3) is 7.89. The fourth-order valence-electron chi connectivity index (χ4n) is 1.42. The van der Waals surface area contributed by atoms with Crippen LogP contribution < -0.4 is 5.32 Å². The highest BCUT2D eigenvalue weighted by Gasteiger charge is 2.20. The molecule has 1 aromatic rings. The van der Waals surface area contributed by atoms with Crippen molar-refractivity contribution in [2.24, 2.45) is 0 Å². The van der Waals surface area contributed by atoms with Crippen LogP contribution in [-0.2, 0) is 14.4 Å². The number of nitrogens with zero attached hydrogens (tertiary/aromatic N) is 1. The summed E-state index contributed by atoms with van der Waals surface area (Å²) in [4.78, 5) is 37.1. The lowest BCUT2D eigenvalue weighted by atomic mass is 10.1. The van der Waals surface area contributed by atoms with Gasteiger partial charge in [-0.2, -0.15) is 0 Å². The largest absolute Gasteiger partial charge is 0.481 e. The molecule has 0 aliphatic rings. The minimum Gasteiger partial charge on any atom is -0.481 e. The fraction of sp³-hybridized carbons (Fsp3) is 0.385. The van der Waals surface area contributed by atoms with Crippen molar-refractivity contribution in [1.29, 1.82) is 0 Å². The average Bonchev–Trinajstić information content (AvgIpc) is 2.48. The molecule has 7 nitrogen and oxygen atoms in total. The Bertz CT molecular complexity index is 512. The summed E-state index contributed by atoms with van der Waals surface area (Å²) >= 11 is 0. The molecule has 0 spiro atoms. The van der Waals surface area contributed by atoms with Crippen LogP contribution in [0.4, 0.5) is 0 Å². The molecule has 0 saturated carbocycles. The van der Waals surface area contributed by atoms with Gasteiger partial charge in [0.25, 0.3) is 0 Å². The predicted molar refractivity (Wildman–Crippen MR) is 83.6 cm³/mol. The van der Waals surface area contributed by atoms with Crippen molar-refractivity contribution in [2.45, 2.75) is 30.3 Å². The van der Waals surface area contributed by atoms with E-state index in [4.69, 9.17) is 10.2 Å². The number of hydrogen-bond acceptors (Lipinski definition) is 6. The first-order chi connectivity index (χ1) is 10.5. The molecule has 1 rings (SSSR count). The van der Waals surface area contributed by atoms with E-state index >= 15 is 0 Å². The zero-order chi connectivity index (χ0) is 16.4. The first kappa shape index (κ1) is 18.3. The number of carbonyl (C=O) groups is 3. The van der Waals surface area contributed by atoms with Gasteiger partial charge >= 0.3 is 11.9 Å². The molecule has 0 aromatic carbocycles. The van der Waals surface area contributed by atoms with Crippen LogP contribution in [0.1, 0.15) is 19.3 Å². The van der Waals surface area contributed by atoms with E-state index in [2.05, 4.69) is 10.3 Å². The molecule has 1 amide bonds. The number of carboxylic acids is 2. The molecule has 1 aromatic heterocycles. The maximum absolute atomic E-state index is 11.7. The van der Waals surface area contributed by atoms with Gasteiger partial charge < -0.3 is 15.5 Å². The molecule has 0 bridgehead atoms. The summed E-state index contributed by atoms with van der Waals surface area (Å²) in [5.41, 5.74) is 0. The van der Waals surface area contributed by atoms with E-state index in [-0.39, 0.29) is 19.3 Å². The van der Waals surface area contributed by atoms with Crippen LogP contribution in [0.25, 0.3) is 0 Å². The summed E-state index contributed by atoms with van der Waals surface area (Å²) in [5, 5.41) is 20.6. The lowest BCUT2D eigenvalue weighted by Crippen LogP contribution is -2.41. The Morgan fingerprint density at radius 3 is 2.59 bits per heavy atom. The molecule has 1 heterocycles. The maximum atomic E-state index is 11.7. The number of nitrogens with one attached hydrogen (secondary N) is 1. The fourth-order valence-corrected chi connectivity index (χ4v) is 3.29. The van der Waals surface area contributed by atoms with E-state index in [1.807, 2.05) is 18.2 Å². The predicted octanol–water partition coefficient (Wildman–Crippen LogP) is 1.65. The molecular weight excluding hydrogens is 328 g/mol. The van der Waals surface area contributed by atoms with Crippen molar-refractivity contribution in [3.05, 3.63) is 24.4 Å². The van der Waals surface area contributed by atoms with Crippen LogP contribution in [0.15, 0.2) is 29.4 Å². The van der Waals surface area contributed by atoms with E-state index < -0.39 is 23.9 Å². The molecule has 9 heteroatoms. The molecule has 0 radical (unpaired) electrons. The van der Waals surface area contributed by atoms with Gasteiger partial charge in [0.15, 0.2) is 0 Å². The Labute approximate surface area is 135 Å². The monoisotopic (exact) mass is 344 g/mol. The highest BCUT2D eigenvalue weighted by molar-refractivity contribution is 8.76. The summed E-state index contributed by atoms with van der Waals surface area (Å²) < 4.78 is 0. The minimum atomic E-state index is -1.23. The van der Waals surface area contributed by atoms with Gasteiger partial charge in [-0.05, 0) is 29.3 Å². The molecule has 0 aliphatic carbocycles. The molecule has 120 valence electrons. The summed E-state index contributed by atoms with van der Waals surface area (Å²) in [6.07, 6.45) is 1.39. The summed E-state index contributed by atoms with van der Waals surface area (Å²) in [7, 11) is 2.87. The van der Waals surface area contributed by atoms with Crippen LogP contribution >= 0.6 is 21.6 Å². The Hall–Kier alpha value is -1.74. The topological polar surface area (TPSA) is 117 Å². The van der Waals surface area contributed by atoms with E-state index in [0.29, 0.717) is 5.75 Å². The minimum absolute atomic E-state index is 0.133. The summed E-state index contributed by atoms with van der Waals surface area (Å²) in [5.74, 6) is -2.24. The van der Waals surface area contributed by atoms with Crippen LogP contribution in [0, 0.1) is 0 Å². The molecule has 0 aliphatic heterocycles. The number of carboxylic acid groups (broad SMARTS) is 2. The number of pyridine rings is 1.